The average Bonchev–Trinajstić information content (AvgIpc) is 2.44. The van der Waals surface area contributed by atoms with Crippen LogP contribution in [0.5, 0.6) is 5.75 Å². The third-order valence-electron chi connectivity index (χ3n) is 3.00. The van der Waals surface area contributed by atoms with E-state index in [4.69, 9.17) is 9.47 Å². The van der Waals surface area contributed by atoms with Crippen LogP contribution in [0.3, 0.4) is 0 Å². The maximum absolute atomic E-state index is 5.74. The number of rotatable bonds is 6. The Hall–Kier alpha value is -1.29. The van der Waals surface area contributed by atoms with Crippen molar-refractivity contribution < 1.29 is 9.47 Å². The molecule has 18 heavy (non-hydrogen) atoms. The monoisotopic (exact) mass is 250 g/mol. The van der Waals surface area contributed by atoms with Gasteiger partial charge in [-0.1, -0.05) is 6.92 Å². The van der Waals surface area contributed by atoms with Crippen LogP contribution in [0.15, 0.2) is 18.5 Å². The van der Waals surface area contributed by atoms with E-state index in [0.29, 0.717) is 6.61 Å². The zero-order valence-corrected chi connectivity index (χ0v) is 11.0. The third kappa shape index (κ3) is 4.18. The largest absolute Gasteiger partial charge is 0.489 e. The Bertz CT molecular complexity index is 351. The van der Waals surface area contributed by atoms with Gasteiger partial charge in [0.05, 0.1) is 24.2 Å². The number of hydrogen-bond acceptors (Lipinski definition) is 4. The molecule has 0 spiro atoms. The lowest BCUT2D eigenvalue weighted by atomic mass is 10.1. The zero-order chi connectivity index (χ0) is 12.6. The summed E-state index contributed by atoms with van der Waals surface area (Å²) in [5.74, 6) is 0.810. The molecule has 0 radical (unpaired) electrons. The lowest BCUT2D eigenvalue weighted by Crippen LogP contribution is -2.25. The van der Waals surface area contributed by atoms with Gasteiger partial charge in [0.1, 0.15) is 12.4 Å². The minimum atomic E-state index is 0.242. The van der Waals surface area contributed by atoms with E-state index in [1.165, 1.54) is 12.8 Å². The van der Waals surface area contributed by atoms with E-state index < -0.39 is 0 Å². The van der Waals surface area contributed by atoms with Gasteiger partial charge in [-0.2, -0.15) is 0 Å². The number of aromatic nitrogens is 1. The Kier molecular flexibility index (Phi) is 5.27. The number of ether oxygens (including phenoxy) is 2. The van der Waals surface area contributed by atoms with Gasteiger partial charge in [0.2, 0.25) is 0 Å². The second kappa shape index (κ2) is 7.21. The summed E-state index contributed by atoms with van der Waals surface area (Å²) in [6.45, 7) is 4.58. The van der Waals surface area contributed by atoms with Gasteiger partial charge in [0.25, 0.3) is 0 Å². The Morgan fingerprint density at radius 3 is 3.17 bits per heavy atom. The first-order valence-corrected chi connectivity index (χ1v) is 6.82. The molecule has 1 N–H and O–H groups in total. The SMILES string of the molecule is CCCNc1cncc(OCC2CCCCO2)c1. The highest BCUT2D eigenvalue weighted by Crippen LogP contribution is 2.18. The lowest BCUT2D eigenvalue weighted by molar-refractivity contribution is -0.0111. The molecule has 0 saturated carbocycles. The van der Waals surface area contributed by atoms with E-state index in [1.807, 2.05) is 12.3 Å². The number of nitrogens with zero attached hydrogens (tertiary/aromatic N) is 1. The van der Waals surface area contributed by atoms with Crippen LogP contribution in [-0.2, 0) is 4.74 Å². The molecule has 1 aliphatic rings. The van der Waals surface area contributed by atoms with Gasteiger partial charge in [0.15, 0.2) is 0 Å². The Balaban J connectivity index is 1.80. The summed E-state index contributed by atoms with van der Waals surface area (Å²) in [6.07, 6.45) is 8.42. The van der Waals surface area contributed by atoms with Crippen molar-refractivity contribution in [1.29, 1.82) is 0 Å². The van der Waals surface area contributed by atoms with Crippen molar-refractivity contribution >= 4 is 5.69 Å². The Labute approximate surface area is 109 Å². The summed E-state index contributed by atoms with van der Waals surface area (Å²) in [4.78, 5) is 4.17. The summed E-state index contributed by atoms with van der Waals surface area (Å²) >= 11 is 0. The molecule has 1 atom stereocenters. The van der Waals surface area contributed by atoms with E-state index in [1.54, 1.807) is 6.20 Å². The fraction of sp³-hybridized carbons (Fsp3) is 0.643. The van der Waals surface area contributed by atoms with E-state index in [0.717, 1.165) is 37.4 Å². The predicted molar refractivity (Wildman–Crippen MR) is 72.1 cm³/mol. The molecule has 0 aromatic carbocycles. The first-order chi connectivity index (χ1) is 8.88. The predicted octanol–water partition coefficient (Wildman–Crippen LogP) is 2.85. The van der Waals surface area contributed by atoms with E-state index >= 15 is 0 Å². The molecule has 1 aliphatic heterocycles. The topological polar surface area (TPSA) is 43.4 Å². The number of pyridine rings is 1. The summed E-state index contributed by atoms with van der Waals surface area (Å²) in [7, 11) is 0. The van der Waals surface area contributed by atoms with Gasteiger partial charge in [-0.15, -0.1) is 0 Å². The number of anilines is 1. The van der Waals surface area contributed by atoms with Crippen LogP contribution in [0.25, 0.3) is 0 Å². The molecule has 1 aromatic rings. The molecular formula is C14H22N2O2. The standard InChI is InChI=1S/C14H22N2O2/c1-2-6-16-12-8-14(10-15-9-12)18-11-13-5-3-4-7-17-13/h8-10,13,16H,2-7,11H2,1H3. The molecule has 2 heterocycles. The smallest absolute Gasteiger partial charge is 0.139 e. The Morgan fingerprint density at radius 1 is 1.44 bits per heavy atom. The van der Waals surface area contributed by atoms with Gasteiger partial charge in [-0.25, -0.2) is 0 Å². The first-order valence-electron chi connectivity index (χ1n) is 6.82. The highest BCUT2D eigenvalue weighted by Gasteiger charge is 2.14. The second-order valence-corrected chi connectivity index (χ2v) is 4.64. The van der Waals surface area contributed by atoms with E-state index in [9.17, 15) is 0 Å². The van der Waals surface area contributed by atoms with Crippen LogP contribution >= 0.6 is 0 Å². The van der Waals surface area contributed by atoms with Crippen LogP contribution in [0.1, 0.15) is 32.6 Å². The molecule has 1 saturated heterocycles. The molecule has 100 valence electrons. The highest BCUT2D eigenvalue weighted by molar-refractivity contribution is 5.44. The van der Waals surface area contributed by atoms with Crippen LogP contribution in [0, 0.1) is 0 Å². The zero-order valence-electron chi connectivity index (χ0n) is 11.0. The number of hydrogen-bond donors (Lipinski definition) is 1. The average molecular weight is 250 g/mol. The van der Waals surface area contributed by atoms with Gasteiger partial charge in [0, 0.05) is 19.2 Å². The van der Waals surface area contributed by atoms with Crippen molar-refractivity contribution in [3.05, 3.63) is 18.5 Å². The molecular weight excluding hydrogens is 228 g/mol. The minimum absolute atomic E-state index is 0.242. The second-order valence-electron chi connectivity index (χ2n) is 4.64. The van der Waals surface area contributed by atoms with Gasteiger partial charge >= 0.3 is 0 Å². The third-order valence-corrected chi connectivity index (χ3v) is 3.00. The maximum atomic E-state index is 5.74. The highest BCUT2D eigenvalue weighted by atomic mass is 16.5. The normalized spacial score (nSPS) is 19.5. The molecule has 4 heteroatoms. The van der Waals surface area contributed by atoms with Crippen molar-refractivity contribution in [3.8, 4) is 5.75 Å². The van der Waals surface area contributed by atoms with Gasteiger partial charge in [-0.3, -0.25) is 4.98 Å². The molecule has 0 amide bonds. The number of nitrogens with one attached hydrogen (secondary N) is 1. The fourth-order valence-electron chi connectivity index (χ4n) is 1.99. The molecule has 2 rings (SSSR count). The van der Waals surface area contributed by atoms with Crippen LogP contribution in [0.4, 0.5) is 5.69 Å². The summed E-state index contributed by atoms with van der Waals surface area (Å²) in [6, 6.07) is 1.99. The quantitative estimate of drug-likeness (QED) is 0.843. The molecule has 0 bridgehead atoms. The molecule has 0 aliphatic carbocycles. The fourth-order valence-corrected chi connectivity index (χ4v) is 1.99. The summed E-state index contributed by atoms with van der Waals surface area (Å²) in [5.41, 5.74) is 1.01. The molecule has 4 nitrogen and oxygen atoms in total. The lowest BCUT2D eigenvalue weighted by Gasteiger charge is -2.22. The van der Waals surface area contributed by atoms with Crippen molar-refractivity contribution in [3.63, 3.8) is 0 Å². The van der Waals surface area contributed by atoms with Crippen molar-refractivity contribution in [1.82, 2.24) is 4.98 Å². The van der Waals surface area contributed by atoms with Crippen LogP contribution < -0.4 is 10.1 Å². The van der Waals surface area contributed by atoms with Crippen LogP contribution in [-0.4, -0.2) is 30.8 Å². The molecule has 1 unspecified atom stereocenters. The van der Waals surface area contributed by atoms with E-state index in [2.05, 4.69) is 17.2 Å². The van der Waals surface area contributed by atoms with Crippen molar-refractivity contribution in [2.75, 3.05) is 25.1 Å². The minimum Gasteiger partial charge on any atom is -0.489 e. The molecule has 1 aromatic heterocycles. The summed E-state index contributed by atoms with van der Waals surface area (Å²) < 4.78 is 11.4. The first kappa shape index (κ1) is 13.1. The van der Waals surface area contributed by atoms with Crippen molar-refractivity contribution in [2.24, 2.45) is 0 Å². The van der Waals surface area contributed by atoms with Crippen LogP contribution in [0.2, 0.25) is 0 Å². The van der Waals surface area contributed by atoms with Crippen molar-refractivity contribution in [2.45, 2.75) is 38.7 Å². The molecule has 1 fully saturated rings. The maximum Gasteiger partial charge on any atom is 0.139 e. The summed E-state index contributed by atoms with van der Waals surface area (Å²) in [5, 5.41) is 3.30. The van der Waals surface area contributed by atoms with E-state index in [-0.39, 0.29) is 6.10 Å². The Morgan fingerprint density at radius 2 is 2.39 bits per heavy atom. The van der Waals surface area contributed by atoms with Gasteiger partial charge < -0.3 is 14.8 Å². The van der Waals surface area contributed by atoms with Gasteiger partial charge in [-0.05, 0) is 25.7 Å².